The molecule has 0 saturated heterocycles. The molecule has 4 rings (SSSR count). The Kier molecular flexibility index (Phi) is 5.29. The fourth-order valence-corrected chi connectivity index (χ4v) is 4.30. The van der Waals surface area contributed by atoms with Crippen molar-refractivity contribution in [2.75, 3.05) is 6.61 Å². The van der Waals surface area contributed by atoms with Gasteiger partial charge in [-0.15, -0.1) is 21.5 Å². The molecule has 0 N–H and O–H groups in total. The molecule has 0 bridgehead atoms. The van der Waals surface area contributed by atoms with Crippen LogP contribution >= 0.6 is 27.3 Å². The number of halogens is 1. The third-order valence-electron chi connectivity index (χ3n) is 4.22. The Morgan fingerprint density at radius 1 is 1.34 bits per heavy atom. The van der Waals surface area contributed by atoms with Crippen LogP contribution in [0.25, 0.3) is 21.7 Å². The number of fused-ring (bicyclic) bond motifs is 1. The lowest BCUT2D eigenvalue weighted by Gasteiger charge is -2.02. The van der Waals surface area contributed by atoms with Gasteiger partial charge in [-0.3, -0.25) is 9.36 Å². The lowest BCUT2D eigenvalue weighted by atomic mass is 10.2. The average Bonchev–Trinajstić information content (AvgIpc) is 3.29. The van der Waals surface area contributed by atoms with Crippen molar-refractivity contribution in [2.45, 2.75) is 20.4 Å². The summed E-state index contributed by atoms with van der Waals surface area (Å²) < 4.78 is 13.0. The van der Waals surface area contributed by atoms with Gasteiger partial charge in [-0.1, -0.05) is 22.0 Å². The Morgan fingerprint density at radius 2 is 2.17 bits per heavy atom. The average molecular weight is 475 g/mol. The van der Waals surface area contributed by atoms with E-state index in [-0.39, 0.29) is 24.6 Å². The van der Waals surface area contributed by atoms with E-state index in [0.717, 1.165) is 21.4 Å². The summed E-state index contributed by atoms with van der Waals surface area (Å²) >= 11 is 4.55. The number of nitrogens with zero attached hydrogens (tertiary/aromatic N) is 4. The summed E-state index contributed by atoms with van der Waals surface area (Å²) in [5.74, 6) is 0.191. The van der Waals surface area contributed by atoms with Crippen LogP contribution in [0.4, 0.5) is 0 Å². The van der Waals surface area contributed by atoms with Crippen molar-refractivity contribution in [3.63, 3.8) is 0 Å². The molecule has 148 valence electrons. The number of thiophene rings is 1. The van der Waals surface area contributed by atoms with Crippen molar-refractivity contribution in [3.8, 4) is 11.5 Å². The maximum absolute atomic E-state index is 13.0. The smallest absolute Gasteiger partial charge is 0.348 e. The number of esters is 1. The van der Waals surface area contributed by atoms with Crippen molar-refractivity contribution in [1.82, 2.24) is 19.7 Å². The summed E-state index contributed by atoms with van der Waals surface area (Å²) in [4.78, 5) is 30.2. The zero-order valence-corrected chi connectivity index (χ0v) is 17.9. The molecule has 3 heterocycles. The molecular weight excluding hydrogens is 460 g/mol. The van der Waals surface area contributed by atoms with Crippen LogP contribution in [-0.4, -0.2) is 32.3 Å². The van der Waals surface area contributed by atoms with E-state index < -0.39 is 5.97 Å². The maximum atomic E-state index is 13.0. The zero-order chi connectivity index (χ0) is 20.5. The van der Waals surface area contributed by atoms with Gasteiger partial charge < -0.3 is 9.15 Å². The van der Waals surface area contributed by atoms with Gasteiger partial charge in [-0.05, 0) is 37.6 Å². The van der Waals surface area contributed by atoms with Crippen LogP contribution in [0.5, 0.6) is 0 Å². The van der Waals surface area contributed by atoms with Crippen LogP contribution < -0.4 is 5.56 Å². The van der Waals surface area contributed by atoms with Crippen LogP contribution in [0.2, 0.25) is 0 Å². The predicted molar refractivity (Wildman–Crippen MR) is 111 cm³/mol. The largest absolute Gasteiger partial charge is 0.462 e. The summed E-state index contributed by atoms with van der Waals surface area (Å²) in [6.07, 6.45) is 1.42. The number of rotatable bonds is 5. The SMILES string of the molecule is CCOC(=O)c1sc2ncn(Cc3nnc(-c4cccc(Br)c4)o3)c(=O)c2c1C. The first-order chi connectivity index (χ1) is 14.0. The normalized spacial score (nSPS) is 11.1. The molecule has 10 heteroatoms. The second-order valence-electron chi connectivity index (χ2n) is 6.15. The minimum Gasteiger partial charge on any atom is -0.462 e. The standard InChI is InChI=1S/C19H15BrN4O4S/c1-3-27-19(26)15-10(2)14-17(29-15)21-9-24(18(14)25)8-13-22-23-16(28-13)11-5-4-6-12(20)7-11/h4-7,9H,3,8H2,1-2H3. The van der Waals surface area contributed by atoms with Gasteiger partial charge in [0.1, 0.15) is 16.3 Å². The second kappa shape index (κ2) is 7.88. The van der Waals surface area contributed by atoms with Gasteiger partial charge in [0.2, 0.25) is 11.8 Å². The van der Waals surface area contributed by atoms with Gasteiger partial charge in [0.25, 0.3) is 5.56 Å². The second-order valence-corrected chi connectivity index (χ2v) is 8.06. The monoisotopic (exact) mass is 474 g/mol. The number of hydrogen-bond acceptors (Lipinski definition) is 8. The van der Waals surface area contributed by atoms with Crippen molar-refractivity contribution < 1.29 is 13.9 Å². The van der Waals surface area contributed by atoms with Gasteiger partial charge in [-0.2, -0.15) is 0 Å². The van der Waals surface area contributed by atoms with Gasteiger partial charge >= 0.3 is 5.97 Å². The minimum absolute atomic E-state index is 0.0762. The Balaban J connectivity index is 1.67. The number of benzene rings is 1. The zero-order valence-electron chi connectivity index (χ0n) is 15.5. The Labute approximate surface area is 177 Å². The highest BCUT2D eigenvalue weighted by Gasteiger charge is 2.21. The molecular formula is C19H15BrN4O4S. The van der Waals surface area contributed by atoms with Gasteiger partial charge in [0.15, 0.2) is 0 Å². The van der Waals surface area contributed by atoms with Crippen LogP contribution in [0, 0.1) is 6.92 Å². The van der Waals surface area contributed by atoms with Gasteiger partial charge in [-0.25, -0.2) is 9.78 Å². The first kappa shape index (κ1) is 19.5. The first-order valence-electron chi connectivity index (χ1n) is 8.72. The van der Waals surface area contributed by atoms with Crippen LogP contribution in [0.3, 0.4) is 0 Å². The summed E-state index contributed by atoms with van der Waals surface area (Å²) in [6, 6.07) is 7.48. The van der Waals surface area contributed by atoms with Crippen molar-refractivity contribution in [1.29, 1.82) is 0 Å². The summed E-state index contributed by atoms with van der Waals surface area (Å²) in [5, 5.41) is 8.47. The molecule has 0 spiro atoms. The quantitative estimate of drug-likeness (QED) is 0.405. The van der Waals surface area contributed by atoms with E-state index in [1.165, 1.54) is 10.9 Å². The number of ether oxygens (including phenoxy) is 1. The van der Waals surface area contributed by atoms with E-state index in [9.17, 15) is 9.59 Å². The molecule has 3 aromatic heterocycles. The molecule has 0 unspecified atom stereocenters. The molecule has 0 radical (unpaired) electrons. The van der Waals surface area contributed by atoms with Crippen molar-refractivity contribution in [2.24, 2.45) is 0 Å². The third-order valence-corrected chi connectivity index (χ3v) is 5.90. The number of aromatic nitrogens is 4. The molecule has 0 aliphatic rings. The lowest BCUT2D eigenvalue weighted by molar-refractivity contribution is 0.0531. The van der Waals surface area contributed by atoms with E-state index in [2.05, 4.69) is 31.1 Å². The third kappa shape index (κ3) is 3.73. The highest BCUT2D eigenvalue weighted by atomic mass is 79.9. The lowest BCUT2D eigenvalue weighted by Crippen LogP contribution is -2.21. The fourth-order valence-electron chi connectivity index (χ4n) is 2.86. The fraction of sp³-hybridized carbons (Fsp3) is 0.211. The molecule has 0 fully saturated rings. The molecule has 29 heavy (non-hydrogen) atoms. The highest BCUT2D eigenvalue weighted by molar-refractivity contribution is 9.10. The van der Waals surface area contributed by atoms with Crippen LogP contribution in [0.15, 0.2) is 44.3 Å². The Morgan fingerprint density at radius 3 is 2.93 bits per heavy atom. The van der Waals surface area contributed by atoms with Crippen LogP contribution in [0.1, 0.15) is 28.0 Å². The van der Waals surface area contributed by atoms with Crippen LogP contribution in [-0.2, 0) is 11.3 Å². The molecule has 8 nitrogen and oxygen atoms in total. The predicted octanol–water partition coefficient (Wildman–Crippen LogP) is 3.80. The summed E-state index contributed by atoms with van der Waals surface area (Å²) in [5.41, 5.74) is 1.06. The van der Waals surface area contributed by atoms with Crippen molar-refractivity contribution in [3.05, 3.63) is 61.8 Å². The molecule has 0 saturated carbocycles. The number of carbonyl (C=O) groups is 1. The van der Waals surface area contributed by atoms with Crippen molar-refractivity contribution >= 4 is 43.5 Å². The number of aryl methyl sites for hydroxylation is 1. The molecule has 0 aliphatic carbocycles. The van der Waals surface area contributed by atoms with Gasteiger partial charge in [0.05, 0.1) is 18.3 Å². The number of carbonyl (C=O) groups excluding carboxylic acids is 1. The summed E-state index contributed by atoms with van der Waals surface area (Å²) in [7, 11) is 0. The van der Waals surface area contributed by atoms with E-state index >= 15 is 0 Å². The van der Waals surface area contributed by atoms with E-state index in [0.29, 0.717) is 26.5 Å². The minimum atomic E-state index is -0.450. The molecule has 0 atom stereocenters. The van der Waals surface area contributed by atoms with E-state index in [4.69, 9.17) is 9.15 Å². The summed E-state index contributed by atoms with van der Waals surface area (Å²) in [6.45, 7) is 3.80. The molecule has 1 aromatic carbocycles. The molecule has 0 amide bonds. The van der Waals surface area contributed by atoms with E-state index in [1.54, 1.807) is 13.8 Å². The molecule has 4 aromatic rings. The highest BCUT2D eigenvalue weighted by Crippen LogP contribution is 2.27. The van der Waals surface area contributed by atoms with Gasteiger partial charge in [0, 0.05) is 10.0 Å². The topological polar surface area (TPSA) is 100 Å². The van der Waals surface area contributed by atoms with E-state index in [1.807, 2.05) is 24.3 Å². The Hall–Kier alpha value is -2.85. The molecule has 0 aliphatic heterocycles. The first-order valence-corrected chi connectivity index (χ1v) is 10.3. The maximum Gasteiger partial charge on any atom is 0.348 e. The number of hydrogen-bond donors (Lipinski definition) is 0. The Bertz CT molecular complexity index is 1280.